The molecular formula is C26H25NO4. The molecule has 4 atom stereocenters. The van der Waals surface area contributed by atoms with Crippen LogP contribution in [0.4, 0.5) is 0 Å². The predicted octanol–water partition coefficient (Wildman–Crippen LogP) is 4.67. The highest BCUT2D eigenvalue weighted by Crippen LogP contribution is 2.70. The Hall–Kier alpha value is -2.95. The van der Waals surface area contributed by atoms with Crippen LogP contribution < -0.4 is 0 Å². The van der Waals surface area contributed by atoms with Gasteiger partial charge in [-0.15, -0.1) is 0 Å². The summed E-state index contributed by atoms with van der Waals surface area (Å²) in [6.07, 6.45) is 5.55. The summed E-state index contributed by atoms with van der Waals surface area (Å²) in [6.45, 7) is 2.29. The molecule has 5 heteroatoms. The summed E-state index contributed by atoms with van der Waals surface area (Å²) >= 11 is 0. The summed E-state index contributed by atoms with van der Waals surface area (Å²) in [7, 11) is 0. The lowest BCUT2D eigenvalue weighted by Gasteiger charge is -2.65. The van der Waals surface area contributed by atoms with E-state index in [0.717, 1.165) is 38.5 Å². The van der Waals surface area contributed by atoms with Gasteiger partial charge in [-0.2, -0.15) is 0 Å². The fraction of sp³-hybridized carbons (Fsp3) is 0.423. The van der Waals surface area contributed by atoms with Gasteiger partial charge in [-0.1, -0.05) is 54.5 Å². The molecule has 2 aromatic rings. The average molecular weight is 415 g/mol. The maximum atomic E-state index is 13.6. The van der Waals surface area contributed by atoms with Gasteiger partial charge in [0.2, 0.25) is 0 Å². The van der Waals surface area contributed by atoms with E-state index in [1.807, 2.05) is 6.07 Å². The van der Waals surface area contributed by atoms with E-state index in [1.54, 1.807) is 24.3 Å². The normalized spacial score (nSPS) is 35.4. The molecule has 2 aromatic carbocycles. The van der Waals surface area contributed by atoms with Crippen molar-refractivity contribution in [1.82, 2.24) is 5.06 Å². The Morgan fingerprint density at radius 3 is 2.16 bits per heavy atom. The Balaban J connectivity index is 1.34. The van der Waals surface area contributed by atoms with Crippen molar-refractivity contribution in [3.8, 4) is 0 Å². The van der Waals surface area contributed by atoms with Crippen molar-refractivity contribution in [2.75, 3.05) is 0 Å². The van der Waals surface area contributed by atoms with Gasteiger partial charge in [-0.25, -0.2) is 4.79 Å². The lowest BCUT2D eigenvalue weighted by Crippen LogP contribution is -2.61. The number of amides is 2. The topological polar surface area (TPSA) is 63.7 Å². The highest BCUT2D eigenvalue weighted by atomic mass is 16.7. The zero-order valence-corrected chi connectivity index (χ0v) is 17.6. The number of fused-ring (bicyclic) bond motifs is 1. The summed E-state index contributed by atoms with van der Waals surface area (Å²) < 4.78 is 0. The molecule has 0 N–H and O–H groups in total. The van der Waals surface area contributed by atoms with Gasteiger partial charge in [-0.05, 0) is 73.0 Å². The first-order valence-corrected chi connectivity index (χ1v) is 11.1. The maximum Gasteiger partial charge on any atom is 0.339 e. The molecule has 4 fully saturated rings. The Kier molecular flexibility index (Phi) is 3.67. The van der Waals surface area contributed by atoms with Gasteiger partial charge < -0.3 is 4.84 Å². The molecule has 5 aliphatic rings. The minimum atomic E-state index is -0.653. The van der Waals surface area contributed by atoms with Crippen molar-refractivity contribution in [1.29, 1.82) is 0 Å². The second-order valence-electron chi connectivity index (χ2n) is 10.6. The van der Waals surface area contributed by atoms with Crippen molar-refractivity contribution in [3.05, 3.63) is 71.3 Å². The molecular weight excluding hydrogens is 390 g/mol. The zero-order valence-electron chi connectivity index (χ0n) is 17.6. The van der Waals surface area contributed by atoms with Gasteiger partial charge in [0.1, 0.15) is 0 Å². The van der Waals surface area contributed by atoms with Gasteiger partial charge in [-0.3, -0.25) is 9.59 Å². The van der Waals surface area contributed by atoms with E-state index in [9.17, 15) is 14.4 Å². The minimum absolute atomic E-state index is 0.0452. The van der Waals surface area contributed by atoms with Crippen LogP contribution in [-0.2, 0) is 15.0 Å². The fourth-order valence-electron chi connectivity index (χ4n) is 7.69. The van der Waals surface area contributed by atoms with Crippen molar-refractivity contribution < 1.29 is 19.2 Å². The highest BCUT2D eigenvalue weighted by molar-refractivity contribution is 6.20. The quantitative estimate of drug-likeness (QED) is 0.684. The molecule has 1 heterocycles. The number of imide groups is 1. The lowest BCUT2D eigenvalue weighted by atomic mass is 9.39. The molecule has 5 nitrogen and oxygen atoms in total. The summed E-state index contributed by atoms with van der Waals surface area (Å²) in [4.78, 5) is 44.8. The molecule has 4 saturated carbocycles. The summed E-state index contributed by atoms with van der Waals surface area (Å²) in [5.41, 5.74) is 1.24. The molecule has 31 heavy (non-hydrogen) atoms. The molecule has 0 saturated heterocycles. The minimum Gasteiger partial charge on any atom is -0.329 e. The molecule has 7 rings (SSSR count). The molecule has 4 bridgehead atoms. The number of hydrogen-bond acceptors (Lipinski definition) is 4. The number of benzene rings is 2. The third kappa shape index (κ3) is 2.58. The Morgan fingerprint density at radius 1 is 0.871 bits per heavy atom. The van der Waals surface area contributed by atoms with E-state index in [2.05, 4.69) is 31.2 Å². The van der Waals surface area contributed by atoms with E-state index < -0.39 is 23.2 Å². The number of hydroxylamine groups is 2. The van der Waals surface area contributed by atoms with E-state index in [0.29, 0.717) is 22.1 Å². The van der Waals surface area contributed by atoms with Crippen LogP contribution in [-0.4, -0.2) is 22.8 Å². The second kappa shape index (κ2) is 6.06. The van der Waals surface area contributed by atoms with Crippen LogP contribution in [0.1, 0.15) is 71.7 Å². The Bertz CT molecular complexity index is 1090. The van der Waals surface area contributed by atoms with E-state index in [4.69, 9.17) is 4.84 Å². The molecule has 0 radical (unpaired) electrons. The average Bonchev–Trinajstić information content (AvgIpc) is 2.98. The summed E-state index contributed by atoms with van der Waals surface area (Å²) in [5, 5.41) is 0.684. The molecule has 158 valence electrons. The number of nitrogens with zero attached hydrogens (tertiary/aromatic N) is 1. The first-order chi connectivity index (χ1) is 14.8. The number of rotatable bonds is 3. The van der Waals surface area contributed by atoms with Gasteiger partial charge >= 0.3 is 5.97 Å². The third-order valence-corrected chi connectivity index (χ3v) is 8.10. The fourth-order valence-corrected chi connectivity index (χ4v) is 7.69. The summed E-state index contributed by atoms with van der Waals surface area (Å²) in [5.74, 6) is -1.07. The monoisotopic (exact) mass is 415 g/mol. The molecule has 2 amide bonds. The smallest absolute Gasteiger partial charge is 0.329 e. The SMILES string of the molecule is CC12CC3CC(C(=O)ON4C(=O)c5ccccc5C4=O)(C1)CC(c1ccccc1)(C3)C2. The second-order valence-corrected chi connectivity index (χ2v) is 10.6. The molecule has 4 aliphatic carbocycles. The van der Waals surface area contributed by atoms with Gasteiger partial charge in [0.25, 0.3) is 11.8 Å². The first kappa shape index (κ1) is 18.8. The van der Waals surface area contributed by atoms with Crippen molar-refractivity contribution in [2.24, 2.45) is 16.7 Å². The van der Waals surface area contributed by atoms with Crippen LogP contribution >= 0.6 is 0 Å². The molecule has 0 aromatic heterocycles. The van der Waals surface area contributed by atoms with Crippen LogP contribution in [0.5, 0.6) is 0 Å². The van der Waals surface area contributed by atoms with Gasteiger partial charge in [0, 0.05) is 0 Å². The van der Waals surface area contributed by atoms with Crippen molar-refractivity contribution in [2.45, 2.75) is 50.9 Å². The maximum absolute atomic E-state index is 13.6. The highest BCUT2D eigenvalue weighted by Gasteiger charge is 2.65. The Labute approximate surface area is 181 Å². The molecule has 0 spiro atoms. The standard InChI is InChI=1S/C26H25NO4/c1-24-11-17-12-25(14-24,18-7-3-2-4-8-18)16-26(13-17,15-24)23(30)31-27-21(28)19-9-5-6-10-20(19)22(27)29/h2-10,17H,11-16H2,1H3. The van der Waals surface area contributed by atoms with E-state index >= 15 is 0 Å². The van der Waals surface area contributed by atoms with Gasteiger partial charge in [0.05, 0.1) is 16.5 Å². The number of carbonyl (C=O) groups excluding carboxylic acids is 3. The summed E-state index contributed by atoms with van der Waals surface area (Å²) in [6, 6.07) is 17.1. The first-order valence-electron chi connectivity index (χ1n) is 11.1. The van der Waals surface area contributed by atoms with E-state index in [1.165, 1.54) is 5.56 Å². The van der Waals surface area contributed by atoms with Crippen LogP contribution in [0.2, 0.25) is 0 Å². The Morgan fingerprint density at radius 2 is 1.52 bits per heavy atom. The zero-order chi connectivity index (χ0) is 21.4. The van der Waals surface area contributed by atoms with Crippen LogP contribution in [0.15, 0.2) is 54.6 Å². The third-order valence-electron chi connectivity index (χ3n) is 8.10. The van der Waals surface area contributed by atoms with Crippen LogP contribution in [0.25, 0.3) is 0 Å². The largest absolute Gasteiger partial charge is 0.339 e. The van der Waals surface area contributed by atoms with Crippen molar-refractivity contribution in [3.63, 3.8) is 0 Å². The number of carbonyl (C=O) groups is 3. The van der Waals surface area contributed by atoms with Crippen LogP contribution in [0.3, 0.4) is 0 Å². The lowest BCUT2D eigenvalue weighted by molar-refractivity contribution is -0.204. The molecule has 1 aliphatic heterocycles. The van der Waals surface area contributed by atoms with Crippen LogP contribution in [0, 0.1) is 16.7 Å². The molecule has 4 unspecified atom stereocenters. The van der Waals surface area contributed by atoms with Crippen molar-refractivity contribution >= 4 is 17.8 Å². The number of hydrogen-bond donors (Lipinski definition) is 0. The van der Waals surface area contributed by atoms with E-state index in [-0.39, 0.29) is 10.8 Å². The van der Waals surface area contributed by atoms with Gasteiger partial charge in [0.15, 0.2) is 0 Å². The predicted molar refractivity (Wildman–Crippen MR) is 113 cm³/mol.